The van der Waals surface area contributed by atoms with Gasteiger partial charge in [0.05, 0.1) is 7.11 Å². The topological polar surface area (TPSA) is 90.4 Å². The summed E-state index contributed by atoms with van der Waals surface area (Å²) in [5.41, 5.74) is 10.5. The Balaban J connectivity index is 1.22. The predicted octanol–water partition coefficient (Wildman–Crippen LogP) is 4.34. The number of nitrogens with zero attached hydrogens (tertiary/aromatic N) is 4. The number of hydrogen-bond acceptors (Lipinski definition) is 6. The number of aromatic nitrogens is 4. The molecule has 1 atom stereocenters. The van der Waals surface area contributed by atoms with Gasteiger partial charge in [0.2, 0.25) is 5.95 Å². The molecule has 3 N–H and O–H groups in total. The summed E-state index contributed by atoms with van der Waals surface area (Å²) in [6.07, 6.45) is 5.97. The highest BCUT2D eigenvalue weighted by Gasteiger charge is 2.34. The lowest BCUT2D eigenvalue weighted by molar-refractivity contribution is 0.338. The summed E-state index contributed by atoms with van der Waals surface area (Å²) in [4.78, 5) is 9.38. The number of rotatable bonds is 4. The van der Waals surface area contributed by atoms with Crippen molar-refractivity contribution < 1.29 is 4.74 Å². The maximum absolute atomic E-state index is 6.20. The van der Waals surface area contributed by atoms with Crippen LogP contribution in [0.25, 0.3) is 16.6 Å². The Kier molecular flexibility index (Phi) is 4.72. The second-order valence-corrected chi connectivity index (χ2v) is 9.07. The number of para-hydroxylation sites is 1. The normalized spacial score (nSPS) is 23.3. The molecule has 1 aliphatic carbocycles. The van der Waals surface area contributed by atoms with E-state index in [1.165, 1.54) is 30.4 Å². The third kappa shape index (κ3) is 3.19. The van der Waals surface area contributed by atoms with Crippen molar-refractivity contribution in [3.63, 3.8) is 0 Å². The SMILES string of the molecule is COc1cccc2c1nc(N)n1nc(C3CC(c4ccc(C5CCCCN5)cc4)C3)nc21. The van der Waals surface area contributed by atoms with E-state index in [2.05, 4.69) is 34.6 Å². The Morgan fingerprint density at radius 3 is 2.56 bits per heavy atom. The van der Waals surface area contributed by atoms with Gasteiger partial charge >= 0.3 is 0 Å². The molecule has 1 aliphatic heterocycles. The van der Waals surface area contributed by atoms with Crippen molar-refractivity contribution in [3.8, 4) is 5.75 Å². The summed E-state index contributed by atoms with van der Waals surface area (Å²) in [6, 6.07) is 15.6. The van der Waals surface area contributed by atoms with Crippen LogP contribution in [0.15, 0.2) is 42.5 Å². The zero-order valence-electron chi connectivity index (χ0n) is 18.3. The van der Waals surface area contributed by atoms with Crippen LogP contribution in [0, 0.1) is 0 Å². The van der Waals surface area contributed by atoms with Crippen LogP contribution >= 0.6 is 0 Å². The lowest BCUT2D eigenvalue weighted by atomic mass is 9.71. The smallest absolute Gasteiger partial charge is 0.223 e. The van der Waals surface area contributed by atoms with Gasteiger partial charge in [-0.15, -0.1) is 5.10 Å². The number of ether oxygens (including phenoxy) is 1. The number of anilines is 1. The third-order valence-electron chi connectivity index (χ3n) is 7.15. The zero-order chi connectivity index (χ0) is 21.7. The van der Waals surface area contributed by atoms with Crippen LogP contribution in [0.4, 0.5) is 5.95 Å². The lowest BCUT2D eigenvalue weighted by Gasteiger charge is -2.34. The summed E-state index contributed by atoms with van der Waals surface area (Å²) >= 11 is 0. The highest BCUT2D eigenvalue weighted by atomic mass is 16.5. The molecule has 1 saturated heterocycles. The molecule has 2 aromatic heterocycles. The molecule has 0 bridgehead atoms. The van der Waals surface area contributed by atoms with Gasteiger partial charge in [-0.3, -0.25) is 0 Å². The molecule has 1 saturated carbocycles. The van der Waals surface area contributed by atoms with E-state index in [9.17, 15) is 0 Å². The minimum absolute atomic E-state index is 0.332. The van der Waals surface area contributed by atoms with Gasteiger partial charge in [0.25, 0.3) is 0 Å². The van der Waals surface area contributed by atoms with Crippen molar-refractivity contribution in [3.05, 3.63) is 59.4 Å². The van der Waals surface area contributed by atoms with Gasteiger partial charge in [-0.25, -0.2) is 9.97 Å². The van der Waals surface area contributed by atoms with Gasteiger partial charge in [0.1, 0.15) is 11.3 Å². The standard InChI is InChI=1S/C25H28N6O/c1-32-21-7-4-5-19-22(21)28-25(26)31-24(19)29-23(30-31)18-13-17(14-18)15-8-10-16(11-9-15)20-6-2-3-12-27-20/h4-5,7-11,17-18,20,27H,2-3,6,12-14H2,1H3,(H2,26,28). The largest absolute Gasteiger partial charge is 0.494 e. The van der Waals surface area contributed by atoms with Gasteiger partial charge < -0.3 is 15.8 Å². The fraction of sp³-hybridized carbons (Fsp3) is 0.400. The highest BCUT2D eigenvalue weighted by molar-refractivity contribution is 5.95. The van der Waals surface area contributed by atoms with Crippen LogP contribution in [-0.4, -0.2) is 33.2 Å². The van der Waals surface area contributed by atoms with Crippen LogP contribution < -0.4 is 15.8 Å². The lowest BCUT2D eigenvalue weighted by Crippen LogP contribution is -2.26. The number of hydrogen-bond donors (Lipinski definition) is 2. The molecule has 7 heteroatoms. The van der Waals surface area contributed by atoms with E-state index in [-0.39, 0.29) is 0 Å². The maximum Gasteiger partial charge on any atom is 0.223 e. The molecule has 164 valence electrons. The van der Waals surface area contributed by atoms with Crippen LogP contribution in [0.1, 0.15) is 66.9 Å². The minimum atomic E-state index is 0.332. The molecule has 3 heterocycles. The van der Waals surface area contributed by atoms with Crippen molar-refractivity contribution in [1.29, 1.82) is 0 Å². The first kappa shape index (κ1) is 19.5. The number of nitrogen functional groups attached to an aromatic ring is 1. The fourth-order valence-corrected chi connectivity index (χ4v) is 5.22. The average Bonchev–Trinajstić information content (AvgIpc) is 3.25. The van der Waals surface area contributed by atoms with E-state index in [0.717, 1.165) is 41.8 Å². The monoisotopic (exact) mass is 428 g/mol. The molecule has 2 aliphatic rings. The van der Waals surface area contributed by atoms with Gasteiger partial charge in [0, 0.05) is 17.3 Å². The van der Waals surface area contributed by atoms with Crippen molar-refractivity contribution >= 4 is 22.5 Å². The molecule has 2 fully saturated rings. The number of nitrogens with one attached hydrogen (secondary N) is 1. The van der Waals surface area contributed by atoms with Gasteiger partial charge in [-0.2, -0.15) is 4.52 Å². The maximum atomic E-state index is 6.20. The molecule has 4 aromatic rings. The second-order valence-electron chi connectivity index (χ2n) is 9.07. The number of fused-ring (bicyclic) bond motifs is 3. The van der Waals surface area contributed by atoms with E-state index in [0.29, 0.717) is 29.6 Å². The Morgan fingerprint density at radius 2 is 1.81 bits per heavy atom. The van der Waals surface area contributed by atoms with Crippen LogP contribution in [0.2, 0.25) is 0 Å². The van der Waals surface area contributed by atoms with Crippen LogP contribution in [0.5, 0.6) is 5.75 Å². The van der Waals surface area contributed by atoms with Crippen molar-refractivity contribution in [2.45, 2.75) is 50.0 Å². The molecule has 0 radical (unpaired) electrons. The summed E-state index contributed by atoms with van der Waals surface area (Å²) in [5.74, 6) is 2.79. The Morgan fingerprint density at radius 1 is 1.00 bits per heavy atom. The first-order valence-electron chi connectivity index (χ1n) is 11.5. The van der Waals surface area contributed by atoms with Crippen molar-refractivity contribution in [2.24, 2.45) is 0 Å². The first-order chi connectivity index (χ1) is 15.7. The fourth-order valence-electron chi connectivity index (χ4n) is 5.22. The number of benzene rings is 2. The van der Waals surface area contributed by atoms with E-state index in [1.54, 1.807) is 11.6 Å². The van der Waals surface area contributed by atoms with Gasteiger partial charge in [-0.05, 0) is 61.4 Å². The van der Waals surface area contributed by atoms with E-state index in [1.807, 2.05) is 18.2 Å². The van der Waals surface area contributed by atoms with E-state index >= 15 is 0 Å². The zero-order valence-corrected chi connectivity index (χ0v) is 18.3. The number of methoxy groups -OCH3 is 1. The minimum Gasteiger partial charge on any atom is -0.494 e. The predicted molar refractivity (Wildman–Crippen MR) is 125 cm³/mol. The van der Waals surface area contributed by atoms with Crippen molar-refractivity contribution in [2.75, 3.05) is 19.4 Å². The Hall–Kier alpha value is -3.19. The number of nitrogens with two attached hydrogens (primary N) is 1. The molecular weight excluding hydrogens is 400 g/mol. The Labute approximate surface area is 187 Å². The molecule has 6 rings (SSSR count). The highest BCUT2D eigenvalue weighted by Crippen LogP contribution is 2.47. The Bertz CT molecular complexity index is 1270. The second kappa shape index (κ2) is 7.74. The van der Waals surface area contributed by atoms with E-state index < -0.39 is 0 Å². The van der Waals surface area contributed by atoms with Gasteiger partial charge in [-0.1, -0.05) is 36.8 Å². The molecule has 1 unspecified atom stereocenters. The molecule has 7 nitrogen and oxygen atoms in total. The quantitative estimate of drug-likeness (QED) is 0.502. The molecule has 0 spiro atoms. The van der Waals surface area contributed by atoms with Crippen LogP contribution in [0.3, 0.4) is 0 Å². The van der Waals surface area contributed by atoms with E-state index in [4.69, 9.17) is 20.6 Å². The first-order valence-corrected chi connectivity index (χ1v) is 11.5. The summed E-state index contributed by atoms with van der Waals surface area (Å²) in [6.45, 7) is 1.13. The van der Waals surface area contributed by atoms with Crippen molar-refractivity contribution in [1.82, 2.24) is 24.9 Å². The van der Waals surface area contributed by atoms with Gasteiger partial charge in [0.15, 0.2) is 11.5 Å². The molecule has 0 amide bonds. The summed E-state index contributed by atoms with van der Waals surface area (Å²) in [5, 5.41) is 9.25. The molecular formula is C25H28N6O. The third-order valence-corrected chi connectivity index (χ3v) is 7.15. The summed E-state index contributed by atoms with van der Waals surface area (Å²) < 4.78 is 7.11. The molecule has 32 heavy (non-hydrogen) atoms. The summed E-state index contributed by atoms with van der Waals surface area (Å²) in [7, 11) is 1.64. The average molecular weight is 429 g/mol. The molecule has 2 aromatic carbocycles. The van der Waals surface area contributed by atoms with Crippen LogP contribution in [-0.2, 0) is 0 Å². The number of piperidine rings is 1.